The van der Waals surface area contributed by atoms with E-state index in [1.807, 2.05) is 29.9 Å². The molecule has 0 aliphatic heterocycles. The molecule has 0 saturated heterocycles. The van der Waals surface area contributed by atoms with Gasteiger partial charge in [-0.15, -0.1) is 0 Å². The first-order valence-electron chi connectivity index (χ1n) is 6.34. The smallest absolute Gasteiger partial charge is 0.124 e. The van der Waals surface area contributed by atoms with Gasteiger partial charge in [0.05, 0.1) is 29.5 Å². The minimum Gasteiger partial charge on any atom is -0.496 e. The molecular weight excluding hydrogens is 342 g/mol. The van der Waals surface area contributed by atoms with E-state index in [1.54, 1.807) is 13.3 Å². The van der Waals surface area contributed by atoms with E-state index in [1.165, 1.54) is 0 Å². The molecule has 0 aliphatic rings. The summed E-state index contributed by atoms with van der Waals surface area (Å²) in [4.78, 5) is 0. The molecule has 20 heavy (non-hydrogen) atoms. The van der Waals surface area contributed by atoms with E-state index in [2.05, 4.69) is 33.3 Å². The molecule has 0 saturated carbocycles. The highest BCUT2D eigenvalue weighted by atomic mass is 79.9. The molecule has 0 amide bonds. The summed E-state index contributed by atoms with van der Waals surface area (Å²) in [5.74, 6) is 0.796. The van der Waals surface area contributed by atoms with Crippen LogP contribution in [0.1, 0.15) is 24.2 Å². The second kappa shape index (κ2) is 6.61. The second-order valence-corrected chi connectivity index (χ2v) is 5.59. The maximum atomic E-state index is 6.13. The van der Waals surface area contributed by atoms with Crippen molar-refractivity contribution in [3.05, 3.63) is 45.1 Å². The molecule has 1 aromatic heterocycles. The van der Waals surface area contributed by atoms with Crippen LogP contribution in [0.5, 0.6) is 5.75 Å². The maximum Gasteiger partial charge on any atom is 0.124 e. The van der Waals surface area contributed by atoms with Crippen LogP contribution in [0.4, 0.5) is 0 Å². The highest BCUT2D eigenvalue weighted by Crippen LogP contribution is 2.35. The van der Waals surface area contributed by atoms with Gasteiger partial charge < -0.3 is 10.1 Å². The summed E-state index contributed by atoms with van der Waals surface area (Å²) >= 11 is 9.70. The molecule has 2 aromatic rings. The van der Waals surface area contributed by atoms with Gasteiger partial charge in [0, 0.05) is 17.1 Å². The van der Waals surface area contributed by atoms with Crippen LogP contribution in [-0.4, -0.2) is 23.9 Å². The summed E-state index contributed by atoms with van der Waals surface area (Å²) in [7, 11) is 3.57. The largest absolute Gasteiger partial charge is 0.496 e. The van der Waals surface area contributed by atoms with Gasteiger partial charge in [0.1, 0.15) is 5.75 Å². The van der Waals surface area contributed by atoms with Crippen LogP contribution in [-0.2, 0) is 6.54 Å². The maximum absolute atomic E-state index is 6.13. The van der Waals surface area contributed by atoms with Crippen molar-refractivity contribution in [2.24, 2.45) is 0 Å². The number of aryl methyl sites for hydroxylation is 1. The van der Waals surface area contributed by atoms with Gasteiger partial charge >= 0.3 is 0 Å². The van der Waals surface area contributed by atoms with Crippen LogP contribution < -0.4 is 10.1 Å². The third-order valence-electron chi connectivity index (χ3n) is 3.20. The normalized spacial score (nSPS) is 12.4. The van der Waals surface area contributed by atoms with E-state index in [4.69, 9.17) is 16.3 Å². The topological polar surface area (TPSA) is 39.1 Å². The van der Waals surface area contributed by atoms with Gasteiger partial charge in [0.25, 0.3) is 0 Å². The molecule has 6 heteroatoms. The van der Waals surface area contributed by atoms with Crippen molar-refractivity contribution in [3.8, 4) is 5.75 Å². The van der Waals surface area contributed by atoms with Gasteiger partial charge in [-0.3, -0.25) is 4.68 Å². The van der Waals surface area contributed by atoms with Gasteiger partial charge in [-0.2, -0.15) is 5.10 Å². The number of benzene rings is 1. The molecule has 0 spiro atoms. The molecule has 1 atom stereocenters. The summed E-state index contributed by atoms with van der Waals surface area (Å²) in [6, 6.07) is 5.56. The van der Waals surface area contributed by atoms with Crippen molar-refractivity contribution in [2.45, 2.75) is 19.5 Å². The van der Waals surface area contributed by atoms with Gasteiger partial charge in [-0.05, 0) is 48.1 Å². The molecule has 0 fully saturated rings. The molecule has 0 radical (unpaired) electrons. The number of hydrogen-bond donors (Lipinski definition) is 1. The zero-order valence-corrected chi connectivity index (χ0v) is 14.0. The minimum atomic E-state index is -0.0551. The highest BCUT2D eigenvalue weighted by Gasteiger charge is 2.23. The van der Waals surface area contributed by atoms with Crippen molar-refractivity contribution in [3.63, 3.8) is 0 Å². The van der Waals surface area contributed by atoms with Gasteiger partial charge in [-0.25, -0.2) is 0 Å². The van der Waals surface area contributed by atoms with Crippen molar-refractivity contribution < 1.29 is 4.74 Å². The molecule has 1 aromatic carbocycles. The zero-order valence-electron chi connectivity index (χ0n) is 11.7. The lowest BCUT2D eigenvalue weighted by atomic mass is 10.0. The summed E-state index contributed by atoms with van der Waals surface area (Å²) in [6.07, 6.45) is 1.81. The quantitative estimate of drug-likeness (QED) is 0.887. The third-order valence-corrected chi connectivity index (χ3v) is 4.04. The number of nitrogens with one attached hydrogen (secondary N) is 1. The molecule has 1 heterocycles. The van der Waals surface area contributed by atoms with Gasteiger partial charge in [-0.1, -0.05) is 11.6 Å². The first-order valence-corrected chi connectivity index (χ1v) is 7.51. The monoisotopic (exact) mass is 357 g/mol. The first kappa shape index (κ1) is 15.4. The van der Waals surface area contributed by atoms with Crippen molar-refractivity contribution >= 4 is 27.5 Å². The summed E-state index contributed by atoms with van der Waals surface area (Å²) in [5, 5.41) is 8.35. The van der Waals surface area contributed by atoms with E-state index in [0.717, 1.165) is 28.0 Å². The second-order valence-electron chi connectivity index (χ2n) is 4.30. The Morgan fingerprint density at radius 3 is 2.85 bits per heavy atom. The van der Waals surface area contributed by atoms with Crippen LogP contribution in [0.3, 0.4) is 0 Å². The summed E-state index contributed by atoms with van der Waals surface area (Å²) < 4.78 is 8.36. The summed E-state index contributed by atoms with van der Waals surface area (Å²) in [5.41, 5.74) is 2.04. The number of halogens is 2. The Kier molecular flexibility index (Phi) is 5.07. The van der Waals surface area contributed by atoms with E-state index < -0.39 is 0 Å². The molecule has 1 unspecified atom stereocenters. The molecule has 0 bridgehead atoms. The third kappa shape index (κ3) is 2.85. The van der Waals surface area contributed by atoms with Gasteiger partial charge in [0.15, 0.2) is 0 Å². The molecular formula is C14H17BrClN3O. The molecule has 4 nitrogen and oxygen atoms in total. The molecule has 1 N–H and O–H groups in total. The van der Waals surface area contributed by atoms with E-state index >= 15 is 0 Å². The van der Waals surface area contributed by atoms with Crippen molar-refractivity contribution in [2.75, 3.05) is 14.2 Å². The molecule has 108 valence electrons. The summed E-state index contributed by atoms with van der Waals surface area (Å²) in [6.45, 7) is 2.85. The predicted molar refractivity (Wildman–Crippen MR) is 84.5 cm³/mol. The van der Waals surface area contributed by atoms with Crippen LogP contribution in [0.2, 0.25) is 5.02 Å². The minimum absolute atomic E-state index is 0.0551. The van der Waals surface area contributed by atoms with Crippen molar-refractivity contribution in [1.82, 2.24) is 15.1 Å². The van der Waals surface area contributed by atoms with E-state index in [0.29, 0.717) is 5.02 Å². The fourth-order valence-corrected chi connectivity index (χ4v) is 2.99. The standard InChI is InChI=1S/C14H17BrClN3O/c1-4-19-14(11(15)8-18-19)13(17-2)10-7-9(16)5-6-12(10)20-3/h5-8,13,17H,4H2,1-3H3. The number of aromatic nitrogens is 2. The van der Waals surface area contributed by atoms with Crippen LogP contribution in [0, 0.1) is 0 Å². The van der Waals surface area contributed by atoms with E-state index in [-0.39, 0.29) is 6.04 Å². The zero-order chi connectivity index (χ0) is 14.7. The lowest BCUT2D eigenvalue weighted by Gasteiger charge is -2.21. The predicted octanol–water partition coefficient (Wildman–Crippen LogP) is 3.64. The van der Waals surface area contributed by atoms with Crippen LogP contribution >= 0.6 is 27.5 Å². The SMILES string of the molecule is CCn1ncc(Br)c1C(NC)c1cc(Cl)ccc1OC. The fourth-order valence-electron chi connectivity index (χ4n) is 2.28. The number of methoxy groups -OCH3 is 1. The van der Waals surface area contributed by atoms with Crippen molar-refractivity contribution in [1.29, 1.82) is 0 Å². The van der Waals surface area contributed by atoms with Crippen LogP contribution in [0.25, 0.3) is 0 Å². The Labute approximate surface area is 132 Å². The van der Waals surface area contributed by atoms with E-state index in [9.17, 15) is 0 Å². The number of ether oxygens (including phenoxy) is 1. The van der Waals surface area contributed by atoms with Gasteiger partial charge in [0.2, 0.25) is 0 Å². The molecule has 0 aliphatic carbocycles. The van der Waals surface area contributed by atoms with Crippen LogP contribution in [0.15, 0.2) is 28.9 Å². The number of nitrogens with zero attached hydrogens (tertiary/aromatic N) is 2. The lowest BCUT2D eigenvalue weighted by molar-refractivity contribution is 0.403. The fraction of sp³-hybridized carbons (Fsp3) is 0.357. The Hall–Kier alpha value is -1.04. The highest BCUT2D eigenvalue weighted by molar-refractivity contribution is 9.10. The Morgan fingerprint density at radius 1 is 1.50 bits per heavy atom. The Balaban J connectivity index is 2.57. The number of rotatable bonds is 5. The Bertz CT molecular complexity index is 600. The molecule has 2 rings (SSSR count). The average Bonchev–Trinajstić information content (AvgIpc) is 2.82. The first-order chi connectivity index (χ1) is 9.62. The average molecular weight is 359 g/mol. The number of hydrogen-bond acceptors (Lipinski definition) is 3. The Morgan fingerprint density at radius 2 is 2.25 bits per heavy atom. The lowest BCUT2D eigenvalue weighted by Crippen LogP contribution is -2.22.